The summed E-state index contributed by atoms with van der Waals surface area (Å²) < 4.78 is 6.48. The monoisotopic (exact) mass is 285 g/mol. The Labute approximate surface area is 120 Å². The maximum atomic E-state index is 11.3. The van der Waals surface area contributed by atoms with Gasteiger partial charge in [0.1, 0.15) is 17.9 Å². The van der Waals surface area contributed by atoms with E-state index in [9.17, 15) is 4.79 Å². The zero-order valence-corrected chi connectivity index (χ0v) is 11.5. The zero-order chi connectivity index (χ0) is 14.7. The first kappa shape index (κ1) is 13.2. The van der Waals surface area contributed by atoms with Gasteiger partial charge in [0.05, 0.1) is 7.11 Å². The van der Waals surface area contributed by atoms with Crippen molar-refractivity contribution in [3.8, 4) is 5.75 Å². The van der Waals surface area contributed by atoms with Crippen molar-refractivity contribution in [2.45, 2.75) is 6.42 Å². The first-order valence-corrected chi connectivity index (χ1v) is 6.56. The van der Waals surface area contributed by atoms with Crippen LogP contribution in [0, 0.1) is 0 Å². The number of rotatable bonds is 5. The summed E-state index contributed by atoms with van der Waals surface area (Å²) in [5, 5.41) is 9.48. The number of aromatic amines is 1. The Balaban J connectivity index is 1.61. The number of hydrogen-bond donors (Lipinski definition) is 2. The highest BCUT2D eigenvalue weighted by atomic mass is 16.5. The molecule has 108 valence electrons. The van der Waals surface area contributed by atoms with Crippen molar-refractivity contribution < 1.29 is 4.74 Å². The molecule has 0 saturated carbocycles. The van der Waals surface area contributed by atoms with Gasteiger partial charge in [-0.25, -0.2) is 19.3 Å². The molecule has 7 nitrogen and oxygen atoms in total. The summed E-state index contributed by atoms with van der Waals surface area (Å²) >= 11 is 0. The van der Waals surface area contributed by atoms with Crippen LogP contribution in [0.15, 0.2) is 41.5 Å². The van der Waals surface area contributed by atoms with Crippen molar-refractivity contribution in [2.24, 2.45) is 0 Å². The Hall–Kier alpha value is -2.83. The van der Waals surface area contributed by atoms with Gasteiger partial charge in [0.25, 0.3) is 0 Å². The number of ether oxygens (including phenoxy) is 1. The molecule has 7 heteroatoms. The van der Waals surface area contributed by atoms with Gasteiger partial charge in [-0.1, -0.05) is 12.1 Å². The van der Waals surface area contributed by atoms with E-state index in [1.165, 1.54) is 16.3 Å². The fourth-order valence-corrected chi connectivity index (χ4v) is 2.03. The number of hydrogen-bond acceptors (Lipinski definition) is 5. The molecule has 2 N–H and O–H groups in total. The number of fused-ring (bicyclic) bond motifs is 1. The molecule has 0 bridgehead atoms. The minimum atomic E-state index is -0.290. The Morgan fingerprint density at radius 1 is 1.33 bits per heavy atom. The highest BCUT2D eigenvalue weighted by Crippen LogP contribution is 2.12. The van der Waals surface area contributed by atoms with Crippen LogP contribution in [0.5, 0.6) is 5.75 Å². The molecule has 2 aromatic heterocycles. The highest BCUT2D eigenvalue weighted by molar-refractivity contribution is 5.48. The average Bonchev–Trinajstić information content (AvgIpc) is 2.89. The SMILES string of the molecule is COc1ccc(CCNc2cc3n[nH]c(=O)n3cn2)cc1. The fourth-order valence-electron chi connectivity index (χ4n) is 2.03. The van der Waals surface area contributed by atoms with Crippen LogP contribution in [0.25, 0.3) is 5.65 Å². The van der Waals surface area contributed by atoms with Crippen LogP contribution >= 0.6 is 0 Å². The number of benzene rings is 1. The molecule has 3 aromatic rings. The summed E-state index contributed by atoms with van der Waals surface area (Å²) in [6, 6.07) is 9.67. The highest BCUT2D eigenvalue weighted by Gasteiger charge is 2.02. The van der Waals surface area contributed by atoms with Crippen LogP contribution in [-0.4, -0.2) is 33.2 Å². The summed E-state index contributed by atoms with van der Waals surface area (Å²) in [5.74, 6) is 1.54. The second-order valence-electron chi connectivity index (χ2n) is 4.56. The second kappa shape index (κ2) is 5.66. The molecule has 0 aliphatic carbocycles. The van der Waals surface area contributed by atoms with Gasteiger partial charge in [0.2, 0.25) is 0 Å². The van der Waals surface area contributed by atoms with Crippen LogP contribution in [0.3, 0.4) is 0 Å². The van der Waals surface area contributed by atoms with Crippen molar-refractivity contribution >= 4 is 11.5 Å². The summed E-state index contributed by atoms with van der Waals surface area (Å²) in [4.78, 5) is 15.5. The summed E-state index contributed by atoms with van der Waals surface area (Å²) in [6.07, 6.45) is 2.32. The minimum Gasteiger partial charge on any atom is -0.497 e. The fraction of sp³-hybridized carbons (Fsp3) is 0.214. The Morgan fingerprint density at radius 2 is 2.14 bits per heavy atom. The van der Waals surface area contributed by atoms with Gasteiger partial charge in [-0.05, 0) is 24.1 Å². The van der Waals surface area contributed by atoms with Crippen molar-refractivity contribution in [2.75, 3.05) is 19.0 Å². The lowest BCUT2D eigenvalue weighted by Gasteiger charge is -2.06. The van der Waals surface area contributed by atoms with Crippen molar-refractivity contribution in [3.05, 3.63) is 52.7 Å². The number of nitrogens with zero attached hydrogens (tertiary/aromatic N) is 3. The lowest BCUT2D eigenvalue weighted by molar-refractivity contribution is 0.414. The quantitative estimate of drug-likeness (QED) is 0.733. The predicted molar refractivity (Wildman–Crippen MR) is 78.8 cm³/mol. The maximum absolute atomic E-state index is 11.3. The van der Waals surface area contributed by atoms with Gasteiger partial charge in [-0.2, -0.15) is 5.10 Å². The molecular weight excluding hydrogens is 270 g/mol. The predicted octanol–water partition coefficient (Wildman–Crippen LogP) is 1.08. The third-order valence-electron chi connectivity index (χ3n) is 3.19. The molecule has 0 spiro atoms. The van der Waals surface area contributed by atoms with Crippen molar-refractivity contribution in [3.63, 3.8) is 0 Å². The molecule has 0 aliphatic rings. The Morgan fingerprint density at radius 3 is 2.90 bits per heavy atom. The van der Waals surface area contributed by atoms with E-state index in [1.54, 1.807) is 13.2 Å². The standard InChI is InChI=1S/C14H15N5O2/c1-21-11-4-2-10(3-5-11)6-7-15-12-8-13-17-18-14(20)19(13)9-16-12/h2-5,8-9,15H,6-7H2,1H3,(H,18,20). The van der Waals surface area contributed by atoms with Crippen LogP contribution in [-0.2, 0) is 6.42 Å². The van der Waals surface area contributed by atoms with E-state index >= 15 is 0 Å². The van der Waals surface area contributed by atoms with E-state index < -0.39 is 0 Å². The number of methoxy groups -OCH3 is 1. The average molecular weight is 285 g/mol. The lowest BCUT2D eigenvalue weighted by atomic mass is 10.1. The molecule has 3 rings (SSSR count). The molecule has 2 heterocycles. The van der Waals surface area contributed by atoms with Crippen LogP contribution in [0.1, 0.15) is 5.56 Å². The van der Waals surface area contributed by atoms with Gasteiger partial charge in [0, 0.05) is 12.6 Å². The molecule has 0 radical (unpaired) electrons. The van der Waals surface area contributed by atoms with E-state index in [-0.39, 0.29) is 5.69 Å². The number of aromatic nitrogens is 4. The lowest BCUT2D eigenvalue weighted by Crippen LogP contribution is -2.11. The largest absolute Gasteiger partial charge is 0.497 e. The summed E-state index contributed by atoms with van der Waals surface area (Å²) in [5.41, 5.74) is 1.46. The molecular formula is C14H15N5O2. The smallest absolute Gasteiger partial charge is 0.348 e. The van der Waals surface area contributed by atoms with Crippen molar-refractivity contribution in [1.82, 2.24) is 19.6 Å². The number of H-pyrrole nitrogens is 1. The van der Waals surface area contributed by atoms with Crippen molar-refractivity contribution in [1.29, 1.82) is 0 Å². The molecule has 21 heavy (non-hydrogen) atoms. The van der Waals surface area contributed by atoms with E-state index in [4.69, 9.17) is 4.74 Å². The molecule has 0 aliphatic heterocycles. The van der Waals surface area contributed by atoms with Gasteiger partial charge in [-0.15, -0.1) is 0 Å². The Kier molecular flexibility index (Phi) is 3.55. The van der Waals surface area contributed by atoms with E-state index in [0.717, 1.165) is 18.7 Å². The molecule has 0 saturated heterocycles. The van der Waals surface area contributed by atoms with E-state index in [0.29, 0.717) is 11.5 Å². The van der Waals surface area contributed by atoms with E-state index in [1.807, 2.05) is 24.3 Å². The first-order chi connectivity index (χ1) is 10.3. The molecule has 0 unspecified atom stereocenters. The van der Waals surface area contributed by atoms with E-state index in [2.05, 4.69) is 20.5 Å². The minimum absolute atomic E-state index is 0.290. The zero-order valence-electron chi connectivity index (χ0n) is 11.5. The summed E-state index contributed by atoms with van der Waals surface area (Å²) in [7, 11) is 1.65. The number of anilines is 1. The molecule has 0 atom stereocenters. The normalized spacial score (nSPS) is 10.7. The second-order valence-corrected chi connectivity index (χ2v) is 4.56. The van der Waals surface area contributed by atoms with Gasteiger partial charge in [0.15, 0.2) is 5.65 Å². The van der Waals surface area contributed by atoms with Gasteiger partial charge >= 0.3 is 5.69 Å². The number of nitrogens with one attached hydrogen (secondary N) is 2. The van der Waals surface area contributed by atoms with Crippen LogP contribution in [0.4, 0.5) is 5.82 Å². The maximum Gasteiger partial charge on any atom is 0.348 e. The first-order valence-electron chi connectivity index (χ1n) is 6.56. The molecule has 0 fully saturated rings. The third-order valence-corrected chi connectivity index (χ3v) is 3.19. The topological polar surface area (TPSA) is 84.3 Å². The van der Waals surface area contributed by atoms with Gasteiger partial charge < -0.3 is 10.1 Å². The Bertz CT molecular complexity index is 791. The summed E-state index contributed by atoms with van der Waals surface area (Å²) in [6.45, 7) is 0.740. The van der Waals surface area contributed by atoms with Gasteiger partial charge in [-0.3, -0.25) is 0 Å². The third kappa shape index (κ3) is 2.86. The molecule has 1 aromatic carbocycles. The van der Waals surface area contributed by atoms with Crippen LogP contribution < -0.4 is 15.7 Å². The van der Waals surface area contributed by atoms with Crippen LogP contribution in [0.2, 0.25) is 0 Å². The molecule has 0 amide bonds.